The van der Waals surface area contributed by atoms with Crippen molar-refractivity contribution in [3.05, 3.63) is 168 Å². The fraction of sp³-hybridized carbons (Fsp3) is 0.0444. The number of rotatable bonds is 4. The highest BCUT2D eigenvalue weighted by Crippen LogP contribution is 2.44. The molecule has 0 amide bonds. The Bertz CT molecular complexity index is 3010. The zero-order valence-corrected chi connectivity index (χ0v) is 28.9. The molecular formula is C45H29N3OS2. The molecule has 3 aromatic heterocycles. The number of fused-ring (bicyclic) bond motifs is 9. The summed E-state index contributed by atoms with van der Waals surface area (Å²) in [6.45, 7) is 0. The van der Waals surface area contributed by atoms with Crippen LogP contribution in [0.1, 0.15) is 29.0 Å². The van der Waals surface area contributed by atoms with Crippen LogP contribution in [0.4, 0.5) is 0 Å². The van der Waals surface area contributed by atoms with Gasteiger partial charge in [-0.05, 0) is 41.0 Å². The molecule has 1 aliphatic heterocycles. The number of benzene rings is 7. The molecule has 10 aromatic rings. The van der Waals surface area contributed by atoms with Gasteiger partial charge in [0.2, 0.25) is 0 Å². The molecule has 0 saturated heterocycles. The highest BCUT2D eigenvalue weighted by Gasteiger charge is 2.28. The molecule has 0 spiro atoms. The fourth-order valence-corrected chi connectivity index (χ4v) is 10.2. The van der Waals surface area contributed by atoms with Crippen LogP contribution >= 0.6 is 22.7 Å². The van der Waals surface area contributed by atoms with Crippen LogP contribution < -0.4 is 10.6 Å². The van der Waals surface area contributed by atoms with E-state index in [1.807, 2.05) is 40.9 Å². The zero-order valence-electron chi connectivity index (χ0n) is 27.3. The van der Waals surface area contributed by atoms with Crippen molar-refractivity contribution in [1.82, 2.24) is 10.6 Å². The summed E-state index contributed by atoms with van der Waals surface area (Å²) in [7, 11) is 0. The van der Waals surface area contributed by atoms with Gasteiger partial charge in [-0.3, -0.25) is 5.32 Å². The summed E-state index contributed by atoms with van der Waals surface area (Å²) < 4.78 is 11.5. The molecule has 7 aromatic carbocycles. The van der Waals surface area contributed by atoms with E-state index in [2.05, 4.69) is 144 Å². The third-order valence-electron chi connectivity index (χ3n) is 10.2. The first-order chi connectivity index (χ1) is 25.2. The van der Waals surface area contributed by atoms with E-state index in [1.54, 1.807) is 0 Å². The van der Waals surface area contributed by atoms with Crippen LogP contribution in [-0.4, -0.2) is 5.84 Å². The van der Waals surface area contributed by atoms with Crippen molar-refractivity contribution in [2.75, 3.05) is 0 Å². The zero-order chi connectivity index (χ0) is 33.5. The average molecular weight is 692 g/mol. The smallest absolute Gasteiger partial charge is 0.135 e. The maximum atomic E-state index is 6.30. The van der Waals surface area contributed by atoms with Crippen molar-refractivity contribution >= 4 is 90.8 Å². The van der Waals surface area contributed by atoms with E-state index in [0.29, 0.717) is 0 Å². The monoisotopic (exact) mass is 691 g/mol. The van der Waals surface area contributed by atoms with Gasteiger partial charge >= 0.3 is 0 Å². The summed E-state index contributed by atoms with van der Waals surface area (Å²) in [5.74, 6) is 0.867. The summed E-state index contributed by atoms with van der Waals surface area (Å²) in [6.07, 6.45) is -0.445. The van der Waals surface area contributed by atoms with Gasteiger partial charge < -0.3 is 9.73 Å². The maximum absolute atomic E-state index is 6.30. The summed E-state index contributed by atoms with van der Waals surface area (Å²) in [5.41, 5.74) is 7.64. The lowest BCUT2D eigenvalue weighted by Crippen LogP contribution is -2.44. The van der Waals surface area contributed by atoms with Crippen molar-refractivity contribution in [1.29, 1.82) is 0 Å². The van der Waals surface area contributed by atoms with Crippen molar-refractivity contribution in [2.45, 2.75) is 12.3 Å². The number of hydrogen-bond donors (Lipinski definition) is 2. The van der Waals surface area contributed by atoms with E-state index in [4.69, 9.17) is 9.41 Å². The van der Waals surface area contributed by atoms with E-state index in [1.165, 1.54) is 57.0 Å². The number of thiophene rings is 2. The first-order valence-electron chi connectivity index (χ1n) is 17.2. The molecule has 6 heteroatoms. The number of amidine groups is 1. The summed E-state index contributed by atoms with van der Waals surface area (Å²) >= 11 is 3.74. The van der Waals surface area contributed by atoms with Gasteiger partial charge in [0, 0.05) is 62.2 Å². The molecule has 2 unspecified atom stereocenters. The molecule has 11 rings (SSSR count). The number of hydrogen-bond acceptors (Lipinski definition) is 6. The number of furan rings is 1. The Balaban J connectivity index is 1.03. The van der Waals surface area contributed by atoms with Crippen LogP contribution in [0.2, 0.25) is 0 Å². The van der Waals surface area contributed by atoms with Crippen molar-refractivity contribution in [2.24, 2.45) is 4.99 Å². The molecule has 4 nitrogen and oxygen atoms in total. The van der Waals surface area contributed by atoms with Crippen LogP contribution in [0.15, 0.2) is 161 Å². The van der Waals surface area contributed by atoms with Gasteiger partial charge in [-0.25, -0.2) is 4.99 Å². The predicted octanol–water partition coefficient (Wildman–Crippen LogP) is 12.3. The molecule has 0 saturated carbocycles. The molecule has 2 N–H and O–H groups in total. The molecule has 4 heterocycles. The highest BCUT2D eigenvalue weighted by molar-refractivity contribution is 7.26. The summed E-state index contributed by atoms with van der Waals surface area (Å²) in [5, 5.41) is 15.0. The number of nitrogens with one attached hydrogen (secondary N) is 2. The second-order valence-electron chi connectivity index (χ2n) is 13.2. The quantitative estimate of drug-likeness (QED) is 0.193. The third kappa shape index (κ3) is 4.65. The minimum Gasteiger partial charge on any atom is -0.456 e. The van der Waals surface area contributed by atoms with Gasteiger partial charge in [-0.15, -0.1) is 22.7 Å². The van der Waals surface area contributed by atoms with Gasteiger partial charge in [0.15, 0.2) is 0 Å². The first-order valence-corrected chi connectivity index (χ1v) is 18.8. The number of para-hydroxylation sites is 1. The topological polar surface area (TPSA) is 49.6 Å². The van der Waals surface area contributed by atoms with Crippen LogP contribution in [0.5, 0.6) is 0 Å². The van der Waals surface area contributed by atoms with Crippen molar-refractivity contribution in [3.63, 3.8) is 0 Å². The van der Waals surface area contributed by atoms with Crippen molar-refractivity contribution < 1.29 is 4.42 Å². The third-order valence-corrected chi connectivity index (χ3v) is 12.6. The molecule has 1 aliphatic rings. The fourth-order valence-electron chi connectivity index (χ4n) is 7.73. The second kappa shape index (κ2) is 11.4. The van der Waals surface area contributed by atoms with E-state index in [-0.39, 0.29) is 12.3 Å². The lowest BCUT2D eigenvalue weighted by atomic mass is 10.0. The Hall–Kier alpha value is -5.79. The van der Waals surface area contributed by atoms with Crippen LogP contribution in [0, 0.1) is 0 Å². The van der Waals surface area contributed by atoms with Gasteiger partial charge in [0.25, 0.3) is 0 Å². The second-order valence-corrected chi connectivity index (χ2v) is 15.3. The average Bonchev–Trinajstić information content (AvgIpc) is 3.88. The van der Waals surface area contributed by atoms with Gasteiger partial charge in [0.1, 0.15) is 29.3 Å². The van der Waals surface area contributed by atoms with Crippen molar-refractivity contribution in [3.8, 4) is 11.1 Å². The summed E-state index contributed by atoms with van der Waals surface area (Å²) in [4.78, 5) is 5.31. The normalized spacial score (nSPS) is 16.4. The van der Waals surface area contributed by atoms with E-state index < -0.39 is 0 Å². The number of nitrogens with zero attached hydrogens (tertiary/aromatic N) is 1. The van der Waals surface area contributed by atoms with E-state index >= 15 is 0 Å². The molecule has 0 fully saturated rings. The Labute approximate surface area is 301 Å². The lowest BCUT2D eigenvalue weighted by molar-refractivity contribution is 0.411. The highest BCUT2D eigenvalue weighted by atomic mass is 32.1. The predicted molar refractivity (Wildman–Crippen MR) is 216 cm³/mol. The maximum Gasteiger partial charge on any atom is 0.135 e. The Morgan fingerprint density at radius 3 is 2.14 bits per heavy atom. The summed E-state index contributed by atoms with van der Waals surface area (Å²) in [6, 6.07) is 54.2. The molecule has 0 radical (unpaired) electrons. The molecule has 242 valence electrons. The van der Waals surface area contributed by atoms with Gasteiger partial charge in [0.05, 0.1) is 0 Å². The molecule has 0 bridgehead atoms. The Morgan fingerprint density at radius 2 is 1.22 bits per heavy atom. The van der Waals surface area contributed by atoms with Gasteiger partial charge in [-0.2, -0.15) is 0 Å². The molecule has 0 aliphatic carbocycles. The number of aliphatic imine (C=N–C) groups is 1. The Morgan fingerprint density at radius 1 is 0.510 bits per heavy atom. The molecule has 2 atom stereocenters. The molecule has 51 heavy (non-hydrogen) atoms. The minimum absolute atomic E-state index is 0.182. The standard InChI is InChI=1S/C45H29N3OS2/c1-2-10-26(11-3-1)43-46-44(28-21-22-31-30-12-4-6-18-37(30)49-38(31)24-28)48-45(47-43)36-17-9-16-35-33-23-20-27(25-40(33)51-42(35)36)29-14-8-15-34-32-13-5-7-19-39(32)50-41(29)34/h1-25,44-45,48H,(H,46,47). The molecular weight excluding hydrogens is 663 g/mol. The van der Waals surface area contributed by atoms with Crippen LogP contribution in [-0.2, 0) is 0 Å². The first kappa shape index (κ1) is 29.0. The Kier molecular flexibility index (Phi) is 6.46. The van der Waals surface area contributed by atoms with Crippen LogP contribution in [0.3, 0.4) is 0 Å². The largest absolute Gasteiger partial charge is 0.456 e. The SMILES string of the molecule is c1ccc(C2=NC(c3cccc4c3sc3cc(-c5cccc6c5sc5ccccc56)ccc34)NC(c3ccc4c(c3)oc3ccccc34)N2)cc1. The van der Waals surface area contributed by atoms with Crippen LogP contribution in [0.25, 0.3) is 73.4 Å². The van der Waals surface area contributed by atoms with Gasteiger partial charge in [-0.1, -0.05) is 127 Å². The van der Waals surface area contributed by atoms with E-state index in [9.17, 15) is 0 Å². The van der Waals surface area contributed by atoms with E-state index in [0.717, 1.165) is 38.9 Å². The minimum atomic E-state index is -0.263. The lowest BCUT2D eigenvalue weighted by Gasteiger charge is -2.32.